The maximum atomic E-state index is 12.8. The van der Waals surface area contributed by atoms with Gasteiger partial charge in [0.15, 0.2) is 0 Å². The normalized spacial score (nSPS) is 20.4. The van der Waals surface area contributed by atoms with Gasteiger partial charge in [0.1, 0.15) is 6.04 Å². The van der Waals surface area contributed by atoms with E-state index in [0.29, 0.717) is 30.0 Å². The molecule has 9 heteroatoms. The minimum absolute atomic E-state index is 0.0690. The zero-order chi connectivity index (χ0) is 20.5. The summed E-state index contributed by atoms with van der Waals surface area (Å²) < 4.78 is 38.3. The van der Waals surface area contributed by atoms with E-state index >= 15 is 0 Å². The molecular weight excluding hydrogens is 375 g/mol. The lowest BCUT2D eigenvalue weighted by Gasteiger charge is -2.37. The molecule has 2 aliphatic heterocycles. The lowest BCUT2D eigenvalue weighted by atomic mass is 10.1. The van der Waals surface area contributed by atoms with Gasteiger partial charge in [0.25, 0.3) is 5.91 Å². The Balaban J connectivity index is 1.61. The van der Waals surface area contributed by atoms with Gasteiger partial charge in [-0.2, -0.15) is 13.2 Å². The molecule has 3 amide bonds. The molecule has 0 bridgehead atoms. The first-order valence-electron chi connectivity index (χ1n) is 9.21. The zero-order valence-electron chi connectivity index (χ0n) is 15.5. The number of alkyl halides is 3. The number of carbonyl (C=O) groups excluding carboxylic acids is 3. The molecule has 0 spiro atoms. The van der Waals surface area contributed by atoms with Crippen molar-refractivity contribution >= 4 is 17.7 Å². The number of hydrogen-bond acceptors (Lipinski definition) is 3. The molecule has 0 saturated carbocycles. The van der Waals surface area contributed by atoms with Gasteiger partial charge < -0.3 is 14.7 Å². The third-order valence-corrected chi connectivity index (χ3v) is 5.30. The summed E-state index contributed by atoms with van der Waals surface area (Å²) in [6, 6.07) is 6.14. The van der Waals surface area contributed by atoms with Crippen LogP contribution in [0.2, 0.25) is 0 Å². The molecule has 2 saturated heterocycles. The topological polar surface area (TPSA) is 60.9 Å². The fourth-order valence-corrected chi connectivity index (χ4v) is 3.75. The first-order valence-corrected chi connectivity index (χ1v) is 9.21. The number of amides is 3. The minimum Gasteiger partial charge on any atom is -0.337 e. The van der Waals surface area contributed by atoms with Gasteiger partial charge in [-0.25, -0.2) is 0 Å². The van der Waals surface area contributed by atoms with E-state index in [1.165, 1.54) is 4.90 Å². The Hall–Kier alpha value is -2.58. The summed E-state index contributed by atoms with van der Waals surface area (Å²) in [7, 11) is 0. The van der Waals surface area contributed by atoms with E-state index in [4.69, 9.17) is 0 Å². The van der Waals surface area contributed by atoms with Crippen LogP contribution in [0.15, 0.2) is 24.3 Å². The number of halogens is 3. The van der Waals surface area contributed by atoms with Crippen LogP contribution in [-0.2, 0) is 9.59 Å². The number of piperazine rings is 1. The van der Waals surface area contributed by atoms with E-state index in [1.54, 1.807) is 17.0 Å². The monoisotopic (exact) mass is 397 g/mol. The molecular formula is C19H22F3N3O3. The number of likely N-dealkylation sites (tertiary alicyclic amines) is 1. The molecule has 1 aromatic carbocycles. The summed E-state index contributed by atoms with van der Waals surface area (Å²) in [5, 5.41) is 0. The summed E-state index contributed by atoms with van der Waals surface area (Å²) in [5.74, 6) is -2.56. The molecule has 2 heterocycles. The predicted molar refractivity (Wildman–Crippen MR) is 94.5 cm³/mol. The van der Waals surface area contributed by atoms with Crippen LogP contribution in [0.1, 0.15) is 28.8 Å². The van der Waals surface area contributed by atoms with Crippen LogP contribution < -0.4 is 0 Å². The molecule has 6 nitrogen and oxygen atoms in total. The lowest BCUT2D eigenvalue weighted by molar-refractivity contribution is -0.187. The molecule has 1 aromatic rings. The molecule has 28 heavy (non-hydrogen) atoms. The van der Waals surface area contributed by atoms with Gasteiger partial charge >= 0.3 is 12.1 Å². The van der Waals surface area contributed by atoms with Crippen LogP contribution >= 0.6 is 0 Å². The Morgan fingerprint density at radius 3 is 2.18 bits per heavy atom. The lowest BCUT2D eigenvalue weighted by Crippen LogP contribution is -2.56. The highest BCUT2D eigenvalue weighted by Gasteiger charge is 2.48. The predicted octanol–water partition coefficient (Wildman–Crippen LogP) is 1.83. The second-order valence-electron chi connectivity index (χ2n) is 7.09. The number of hydrogen-bond donors (Lipinski definition) is 0. The SMILES string of the molecule is Cc1ccccc1C(=O)N1CCN(C(=O)C2CCCN2C(=O)C(F)(F)F)CC1. The standard InChI is InChI=1S/C19H22F3N3O3/c1-13-5-2-3-6-14(13)16(26)23-9-11-24(12-10-23)17(27)15-7-4-8-25(15)18(28)19(20,21)22/h2-3,5-6,15H,4,7-12H2,1H3. The van der Waals surface area contributed by atoms with Crippen LogP contribution in [0.5, 0.6) is 0 Å². The second-order valence-corrected chi connectivity index (χ2v) is 7.09. The van der Waals surface area contributed by atoms with Crippen LogP contribution in [-0.4, -0.2) is 77.4 Å². The van der Waals surface area contributed by atoms with E-state index < -0.39 is 24.0 Å². The summed E-state index contributed by atoms with van der Waals surface area (Å²) in [6.45, 7) is 2.86. The highest BCUT2D eigenvalue weighted by atomic mass is 19.4. The molecule has 3 rings (SSSR count). The molecule has 152 valence electrons. The third-order valence-electron chi connectivity index (χ3n) is 5.30. The van der Waals surface area contributed by atoms with Crippen molar-refractivity contribution in [2.75, 3.05) is 32.7 Å². The Bertz CT molecular complexity index is 773. The molecule has 0 aliphatic carbocycles. The molecule has 1 unspecified atom stereocenters. The average molecular weight is 397 g/mol. The van der Waals surface area contributed by atoms with E-state index in [9.17, 15) is 27.6 Å². The van der Waals surface area contributed by atoms with Gasteiger partial charge in [0, 0.05) is 38.3 Å². The van der Waals surface area contributed by atoms with E-state index in [-0.39, 0.29) is 32.0 Å². The van der Waals surface area contributed by atoms with E-state index in [0.717, 1.165) is 5.56 Å². The largest absolute Gasteiger partial charge is 0.471 e. The van der Waals surface area contributed by atoms with Crippen molar-refractivity contribution in [2.24, 2.45) is 0 Å². The van der Waals surface area contributed by atoms with Crippen LogP contribution in [0.4, 0.5) is 13.2 Å². The molecule has 0 aromatic heterocycles. The van der Waals surface area contributed by atoms with Gasteiger partial charge in [-0.05, 0) is 31.4 Å². The van der Waals surface area contributed by atoms with Crippen LogP contribution in [0.25, 0.3) is 0 Å². The first kappa shape index (κ1) is 20.2. The van der Waals surface area contributed by atoms with Crippen LogP contribution in [0.3, 0.4) is 0 Å². The Kier molecular flexibility index (Phi) is 5.62. The Morgan fingerprint density at radius 1 is 0.964 bits per heavy atom. The van der Waals surface area contributed by atoms with Crippen molar-refractivity contribution in [2.45, 2.75) is 32.0 Å². The quantitative estimate of drug-likeness (QED) is 0.765. The summed E-state index contributed by atoms with van der Waals surface area (Å²) >= 11 is 0. The van der Waals surface area contributed by atoms with Crippen LogP contribution in [0, 0.1) is 6.92 Å². The van der Waals surface area contributed by atoms with Gasteiger partial charge in [0.05, 0.1) is 0 Å². The molecule has 0 radical (unpaired) electrons. The van der Waals surface area contributed by atoms with Crippen molar-refractivity contribution in [3.8, 4) is 0 Å². The van der Waals surface area contributed by atoms with Crippen molar-refractivity contribution in [3.05, 3.63) is 35.4 Å². The fraction of sp³-hybridized carbons (Fsp3) is 0.526. The summed E-state index contributed by atoms with van der Waals surface area (Å²) in [6.07, 6.45) is -4.39. The molecule has 1 atom stereocenters. The fourth-order valence-electron chi connectivity index (χ4n) is 3.75. The van der Waals surface area contributed by atoms with Gasteiger partial charge in [-0.1, -0.05) is 18.2 Å². The minimum atomic E-state index is -4.98. The Labute approximate surface area is 160 Å². The Morgan fingerprint density at radius 2 is 1.57 bits per heavy atom. The first-order chi connectivity index (χ1) is 13.2. The van der Waals surface area contributed by atoms with E-state index in [2.05, 4.69) is 0 Å². The van der Waals surface area contributed by atoms with Crippen molar-refractivity contribution in [1.82, 2.24) is 14.7 Å². The van der Waals surface area contributed by atoms with Gasteiger partial charge in [-0.3, -0.25) is 14.4 Å². The number of carbonyl (C=O) groups is 3. The van der Waals surface area contributed by atoms with Crippen molar-refractivity contribution < 1.29 is 27.6 Å². The summed E-state index contributed by atoms with van der Waals surface area (Å²) in [5.41, 5.74) is 1.46. The third kappa shape index (κ3) is 3.98. The number of rotatable bonds is 2. The van der Waals surface area contributed by atoms with Gasteiger partial charge in [-0.15, -0.1) is 0 Å². The maximum Gasteiger partial charge on any atom is 0.471 e. The number of nitrogens with zero attached hydrogens (tertiary/aromatic N) is 3. The number of benzene rings is 1. The maximum absolute atomic E-state index is 12.8. The van der Waals surface area contributed by atoms with Crippen molar-refractivity contribution in [1.29, 1.82) is 0 Å². The smallest absolute Gasteiger partial charge is 0.337 e. The van der Waals surface area contributed by atoms with Gasteiger partial charge in [0.2, 0.25) is 5.91 Å². The summed E-state index contributed by atoms with van der Waals surface area (Å²) in [4.78, 5) is 40.6. The zero-order valence-corrected chi connectivity index (χ0v) is 15.5. The van der Waals surface area contributed by atoms with Crippen molar-refractivity contribution in [3.63, 3.8) is 0 Å². The average Bonchev–Trinajstić information content (AvgIpc) is 3.15. The highest BCUT2D eigenvalue weighted by Crippen LogP contribution is 2.27. The number of aryl methyl sites for hydroxylation is 1. The molecule has 0 N–H and O–H groups in total. The molecule has 2 aliphatic rings. The second kappa shape index (κ2) is 7.81. The highest BCUT2D eigenvalue weighted by molar-refractivity contribution is 5.96. The molecule has 2 fully saturated rings. The van der Waals surface area contributed by atoms with E-state index in [1.807, 2.05) is 19.1 Å².